The van der Waals surface area contributed by atoms with E-state index in [1.165, 1.54) is 6.42 Å². The van der Waals surface area contributed by atoms with E-state index in [1.807, 2.05) is 30.3 Å². The van der Waals surface area contributed by atoms with Crippen molar-refractivity contribution in [3.05, 3.63) is 36.2 Å². The van der Waals surface area contributed by atoms with Crippen LogP contribution in [0.3, 0.4) is 0 Å². The van der Waals surface area contributed by atoms with Crippen molar-refractivity contribution in [3.8, 4) is 11.4 Å². The maximum Gasteiger partial charge on any atom is 0.226 e. The lowest BCUT2D eigenvalue weighted by atomic mass is 10.0. The third-order valence-electron chi connectivity index (χ3n) is 3.43. The SMILES string of the molecule is c1ccc(-c2noc(CCC3CCNC3)n2)cc1. The van der Waals surface area contributed by atoms with Gasteiger partial charge in [-0.3, -0.25) is 0 Å². The van der Waals surface area contributed by atoms with Crippen molar-refractivity contribution in [2.75, 3.05) is 13.1 Å². The smallest absolute Gasteiger partial charge is 0.226 e. The molecule has 2 aromatic rings. The molecule has 0 radical (unpaired) electrons. The number of aromatic nitrogens is 2. The fourth-order valence-corrected chi connectivity index (χ4v) is 2.35. The maximum atomic E-state index is 5.30. The summed E-state index contributed by atoms with van der Waals surface area (Å²) in [5.41, 5.74) is 1.01. The second kappa shape index (κ2) is 5.31. The summed E-state index contributed by atoms with van der Waals surface area (Å²) in [5, 5.41) is 7.40. The molecular weight excluding hydrogens is 226 g/mol. The van der Waals surface area contributed by atoms with Crippen LogP contribution in [0.4, 0.5) is 0 Å². The molecule has 1 N–H and O–H groups in total. The number of nitrogens with one attached hydrogen (secondary N) is 1. The van der Waals surface area contributed by atoms with Crippen LogP contribution in [0.25, 0.3) is 11.4 Å². The first kappa shape index (κ1) is 11.4. The zero-order valence-electron chi connectivity index (χ0n) is 10.3. The van der Waals surface area contributed by atoms with Gasteiger partial charge in [0.15, 0.2) is 0 Å². The molecule has 1 atom stereocenters. The number of hydrogen-bond acceptors (Lipinski definition) is 4. The van der Waals surface area contributed by atoms with Crippen molar-refractivity contribution in [1.82, 2.24) is 15.5 Å². The molecule has 0 bridgehead atoms. The molecule has 4 heteroatoms. The average molecular weight is 243 g/mol. The minimum Gasteiger partial charge on any atom is -0.339 e. The van der Waals surface area contributed by atoms with E-state index in [-0.39, 0.29) is 0 Å². The van der Waals surface area contributed by atoms with Gasteiger partial charge in [-0.2, -0.15) is 4.98 Å². The molecule has 1 saturated heterocycles. The number of hydrogen-bond donors (Lipinski definition) is 1. The van der Waals surface area contributed by atoms with Gasteiger partial charge in [-0.1, -0.05) is 35.5 Å². The van der Waals surface area contributed by atoms with Crippen LogP contribution in [-0.2, 0) is 6.42 Å². The summed E-state index contributed by atoms with van der Waals surface area (Å²) in [7, 11) is 0. The van der Waals surface area contributed by atoms with Gasteiger partial charge in [-0.05, 0) is 31.8 Å². The monoisotopic (exact) mass is 243 g/mol. The Balaban J connectivity index is 1.63. The lowest BCUT2D eigenvalue weighted by Crippen LogP contribution is -2.09. The molecule has 94 valence electrons. The second-order valence-corrected chi connectivity index (χ2v) is 4.78. The van der Waals surface area contributed by atoms with Gasteiger partial charge in [0.1, 0.15) is 0 Å². The molecular formula is C14H17N3O. The minimum atomic E-state index is 0.690. The van der Waals surface area contributed by atoms with Crippen molar-refractivity contribution in [2.24, 2.45) is 5.92 Å². The number of benzene rings is 1. The Morgan fingerprint density at radius 2 is 2.17 bits per heavy atom. The molecule has 0 amide bonds. The van der Waals surface area contributed by atoms with Crippen molar-refractivity contribution in [2.45, 2.75) is 19.3 Å². The van der Waals surface area contributed by atoms with Gasteiger partial charge >= 0.3 is 0 Å². The highest BCUT2D eigenvalue weighted by atomic mass is 16.5. The molecule has 1 fully saturated rings. The zero-order valence-corrected chi connectivity index (χ0v) is 10.3. The second-order valence-electron chi connectivity index (χ2n) is 4.78. The Hall–Kier alpha value is -1.68. The standard InChI is InChI=1S/C14H17N3O/c1-2-4-12(5-3-1)14-16-13(18-17-14)7-6-11-8-9-15-10-11/h1-5,11,15H,6-10H2. The summed E-state index contributed by atoms with van der Waals surface area (Å²) in [5.74, 6) is 2.20. The summed E-state index contributed by atoms with van der Waals surface area (Å²) in [6.45, 7) is 2.27. The number of nitrogens with zero attached hydrogens (tertiary/aromatic N) is 2. The van der Waals surface area contributed by atoms with Gasteiger partial charge in [0.25, 0.3) is 0 Å². The van der Waals surface area contributed by atoms with Gasteiger partial charge < -0.3 is 9.84 Å². The van der Waals surface area contributed by atoms with E-state index in [0.717, 1.165) is 43.3 Å². The first-order valence-electron chi connectivity index (χ1n) is 6.50. The fraction of sp³-hybridized carbons (Fsp3) is 0.429. The molecule has 1 aromatic heterocycles. The van der Waals surface area contributed by atoms with Gasteiger partial charge in [-0.25, -0.2) is 0 Å². The topological polar surface area (TPSA) is 51.0 Å². The van der Waals surface area contributed by atoms with E-state index in [9.17, 15) is 0 Å². The summed E-state index contributed by atoms with van der Waals surface area (Å²) >= 11 is 0. The van der Waals surface area contributed by atoms with Gasteiger partial charge in [-0.15, -0.1) is 0 Å². The lowest BCUT2D eigenvalue weighted by Gasteiger charge is -2.03. The predicted molar refractivity (Wildman–Crippen MR) is 69.0 cm³/mol. The quantitative estimate of drug-likeness (QED) is 0.895. The van der Waals surface area contributed by atoms with E-state index in [4.69, 9.17) is 4.52 Å². The highest BCUT2D eigenvalue weighted by molar-refractivity contribution is 5.53. The van der Waals surface area contributed by atoms with E-state index >= 15 is 0 Å². The number of aryl methyl sites for hydroxylation is 1. The van der Waals surface area contributed by atoms with Crippen molar-refractivity contribution in [3.63, 3.8) is 0 Å². The Kier molecular flexibility index (Phi) is 3.37. The van der Waals surface area contributed by atoms with Crippen LogP contribution in [0.5, 0.6) is 0 Å². The normalized spacial score (nSPS) is 19.2. The highest BCUT2D eigenvalue weighted by Gasteiger charge is 2.16. The van der Waals surface area contributed by atoms with Crippen molar-refractivity contribution >= 4 is 0 Å². The summed E-state index contributed by atoms with van der Waals surface area (Å²) in [6, 6.07) is 9.94. The molecule has 1 aromatic carbocycles. The van der Waals surface area contributed by atoms with Gasteiger partial charge in [0.05, 0.1) is 0 Å². The largest absolute Gasteiger partial charge is 0.339 e. The van der Waals surface area contributed by atoms with Crippen LogP contribution in [0.1, 0.15) is 18.7 Å². The number of rotatable bonds is 4. The molecule has 3 rings (SSSR count). The Labute approximate surface area is 106 Å². The van der Waals surface area contributed by atoms with Gasteiger partial charge in [0.2, 0.25) is 11.7 Å². The summed E-state index contributed by atoms with van der Waals surface area (Å²) in [4.78, 5) is 4.44. The third-order valence-corrected chi connectivity index (χ3v) is 3.43. The first-order chi connectivity index (χ1) is 8.92. The van der Waals surface area contributed by atoms with Crippen LogP contribution in [-0.4, -0.2) is 23.2 Å². The Morgan fingerprint density at radius 3 is 2.94 bits per heavy atom. The molecule has 2 heterocycles. The van der Waals surface area contributed by atoms with E-state index < -0.39 is 0 Å². The molecule has 0 spiro atoms. The van der Waals surface area contributed by atoms with Crippen molar-refractivity contribution in [1.29, 1.82) is 0 Å². The predicted octanol–water partition coefficient (Wildman–Crippen LogP) is 2.28. The van der Waals surface area contributed by atoms with Crippen LogP contribution >= 0.6 is 0 Å². The van der Waals surface area contributed by atoms with Crippen molar-refractivity contribution < 1.29 is 4.52 Å². The molecule has 1 unspecified atom stereocenters. The minimum absolute atomic E-state index is 0.690. The van der Waals surface area contributed by atoms with Crippen LogP contribution in [0.15, 0.2) is 34.9 Å². The maximum absolute atomic E-state index is 5.30. The zero-order chi connectivity index (χ0) is 12.2. The summed E-state index contributed by atoms with van der Waals surface area (Å²) < 4.78 is 5.30. The van der Waals surface area contributed by atoms with Crippen LogP contribution < -0.4 is 5.32 Å². The van der Waals surface area contributed by atoms with E-state index in [2.05, 4.69) is 15.5 Å². The van der Waals surface area contributed by atoms with Crippen LogP contribution in [0, 0.1) is 5.92 Å². The molecule has 18 heavy (non-hydrogen) atoms. The fourth-order valence-electron chi connectivity index (χ4n) is 2.35. The Bertz CT molecular complexity index is 489. The molecule has 0 aliphatic carbocycles. The third kappa shape index (κ3) is 2.59. The average Bonchev–Trinajstić information content (AvgIpc) is 3.09. The van der Waals surface area contributed by atoms with Gasteiger partial charge in [0, 0.05) is 12.0 Å². The molecule has 1 aliphatic rings. The van der Waals surface area contributed by atoms with Crippen LogP contribution in [0.2, 0.25) is 0 Å². The van der Waals surface area contributed by atoms with E-state index in [1.54, 1.807) is 0 Å². The summed E-state index contributed by atoms with van der Waals surface area (Å²) in [6.07, 6.45) is 3.27. The molecule has 1 aliphatic heterocycles. The molecule has 0 saturated carbocycles. The Morgan fingerprint density at radius 1 is 1.28 bits per heavy atom. The lowest BCUT2D eigenvalue weighted by molar-refractivity contribution is 0.365. The highest BCUT2D eigenvalue weighted by Crippen LogP contribution is 2.18. The first-order valence-corrected chi connectivity index (χ1v) is 6.50. The molecule has 4 nitrogen and oxygen atoms in total. The van der Waals surface area contributed by atoms with E-state index in [0.29, 0.717) is 5.82 Å².